The lowest BCUT2D eigenvalue weighted by molar-refractivity contribution is -0.384. The van der Waals surface area contributed by atoms with Gasteiger partial charge in [0.1, 0.15) is 0 Å². The van der Waals surface area contributed by atoms with Gasteiger partial charge < -0.3 is 4.90 Å². The Morgan fingerprint density at radius 2 is 1.80 bits per heavy atom. The van der Waals surface area contributed by atoms with Crippen molar-refractivity contribution in [2.75, 3.05) is 19.6 Å². The zero-order chi connectivity index (χ0) is 17.3. The molecule has 0 unspecified atom stereocenters. The van der Waals surface area contributed by atoms with E-state index in [1.165, 1.54) is 23.1 Å². The largest absolute Gasteiger partial charge is 0.303 e. The molecule has 3 rings (SSSR count). The molecule has 2 aliphatic rings. The molecule has 0 atom stereocenters. The Balaban J connectivity index is 0.00000225. The summed E-state index contributed by atoms with van der Waals surface area (Å²) in [6.45, 7) is 4.96. The number of non-ortho nitro benzene ring substituents is 1. The highest BCUT2D eigenvalue weighted by molar-refractivity contribution is 6.21. The molecule has 0 bridgehead atoms. The number of piperidine rings is 1. The Labute approximate surface area is 152 Å². The lowest BCUT2D eigenvalue weighted by atomic mass is 10.0. The number of nitro groups is 1. The van der Waals surface area contributed by atoms with Gasteiger partial charge in [-0.2, -0.15) is 0 Å². The number of nitrogens with zero attached hydrogens (tertiary/aromatic N) is 3. The maximum absolute atomic E-state index is 12.6. The number of imide groups is 1. The molecule has 1 saturated heterocycles. The predicted octanol–water partition coefficient (Wildman–Crippen LogP) is 2.88. The standard InChI is InChI=1S/C17H21N3O4.ClH/c1-2-3-8-18-9-6-12(7-10-18)19-16(21)14-5-4-13(20(23)24)11-15(14)17(19)22;/h4-5,11-12H,2-3,6-10H2,1H3;1H. The summed E-state index contributed by atoms with van der Waals surface area (Å²) in [5.74, 6) is -0.720. The summed E-state index contributed by atoms with van der Waals surface area (Å²) in [6.07, 6.45) is 3.83. The second-order valence-corrected chi connectivity index (χ2v) is 6.39. The summed E-state index contributed by atoms with van der Waals surface area (Å²) >= 11 is 0. The van der Waals surface area contributed by atoms with Gasteiger partial charge in [0.05, 0.1) is 16.1 Å². The number of rotatable bonds is 5. The molecule has 2 heterocycles. The number of hydrogen-bond acceptors (Lipinski definition) is 5. The molecule has 2 aliphatic heterocycles. The molecule has 7 nitrogen and oxygen atoms in total. The number of carbonyl (C=O) groups is 2. The van der Waals surface area contributed by atoms with Gasteiger partial charge >= 0.3 is 0 Å². The summed E-state index contributed by atoms with van der Waals surface area (Å²) in [5, 5.41) is 10.9. The van der Waals surface area contributed by atoms with Crippen LogP contribution in [0.25, 0.3) is 0 Å². The number of hydrogen-bond donors (Lipinski definition) is 0. The van der Waals surface area contributed by atoms with Gasteiger partial charge in [0.25, 0.3) is 17.5 Å². The monoisotopic (exact) mass is 367 g/mol. The molecule has 0 aromatic heterocycles. The maximum atomic E-state index is 12.6. The molecule has 1 fully saturated rings. The van der Waals surface area contributed by atoms with Crippen molar-refractivity contribution in [2.24, 2.45) is 0 Å². The van der Waals surface area contributed by atoms with Crippen molar-refractivity contribution in [3.63, 3.8) is 0 Å². The molecule has 0 N–H and O–H groups in total. The van der Waals surface area contributed by atoms with Crippen LogP contribution in [-0.4, -0.2) is 52.2 Å². The van der Waals surface area contributed by atoms with E-state index in [-0.39, 0.29) is 41.2 Å². The van der Waals surface area contributed by atoms with E-state index >= 15 is 0 Å². The van der Waals surface area contributed by atoms with Gasteiger partial charge in [0.2, 0.25) is 0 Å². The van der Waals surface area contributed by atoms with Gasteiger partial charge in [-0.05, 0) is 31.9 Å². The maximum Gasteiger partial charge on any atom is 0.270 e. The highest BCUT2D eigenvalue weighted by Crippen LogP contribution is 2.30. The van der Waals surface area contributed by atoms with E-state index in [1.807, 2.05) is 0 Å². The average molecular weight is 368 g/mol. The van der Waals surface area contributed by atoms with Crippen LogP contribution in [0.2, 0.25) is 0 Å². The number of amides is 2. The Hall–Kier alpha value is -1.99. The topological polar surface area (TPSA) is 83.8 Å². The van der Waals surface area contributed by atoms with E-state index in [1.54, 1.807) is 0 Å². The Morgan fingerprint density at radius 3 is 2.40 bits per heavy atom. The fourth-order valence-electron chi connectivity index (χ4n) is 3.48. The van der Waals surface area contributed by atoms with Crippen molar-refractivity contribution < 1.29 is 14.5 Å². The fraction of sp³-hybridized carbons (Fsp3) is 0.529. The van der Waals surface area contributed by atoms with Crippen molar-refractivity contribution in [3.05, 3.63) is 39.4 Å². The van der Waals surface area contributed by atoms with Crippen molar-refractivity contribution in [1.29, 1.82) is 0 Å². The van der Waals surface area contributed by atoms with Crippen LogP contribution >= 0.6 is 12.4 Å². The minimum absolute atomic E-state index is 0. The summed E-state index contributed by atoms with van der Waals surface area (Å²) in [7, 11) is 0. The number of halogens is 1. The zero-order valence-corrected chi connectivity index (χ0v) is 15.0. The van der Waals surface area contributed by atoms with E-state index in [9.17, 15) is 19.7 Å². The second-order valence-electron chi connectivity index (χ2n) is 6.39. The predicted molar refractivity (Wildman–Crippen MR) is 95.2 cm³/mol. The molecule has 136 valence electrons. The minimum Gasteiger partial charge on any atom is -0.303 e. The third-order valence-corrected chi connectivity index (χ3v) is 4.86. The molecule has 0 aliphatic carbocycles. The number of benzene rings is 1. The van der Waals surface area contributed by atoms with Crippen LogP contribution in [0.5, 0.6) is 0 Å². The van der Waals surface area contributed by atoms with E-state index in [2.05, 4.69) is 11.8 Å². The summed E-state index contributed by atoms with van der Waals surface area (Å²) in [5.41, 5.74) is 0.271. The lowest BCUT2D eigenvalue weighted by Gasteiger charge is -2.35. The molecular weight excluding hydrogens is 346 g/mol. The molecule has 0 radical (unpaired) electrons. The van der Waals surface area contributed by atoms with Crippen molar-refractivity contribution in [1.82, 2.24) is 9.80 Å². The quantitative estimate of drug-likeness (QED) is 0.454. The van der Waals surface area contributed by atoms with Crippen LogP contribution in [0, 0.1) is 10.1 Å². The molecule has 0 spiro atoms. The van der Waals surface area contributed by atoms with E-state index in [0.29, 0.717) is 0 Å². The van der Waals surface area contributed by atoms with Crippen molar-refractivity contribution >= 4 is 29.9 Å². The molecule has 2 amide bonds. The fourth-order valence-corrected chi connectivity index (χ4v) is 3.48. The van der Waals surface area contributed by atoms with Crippen LogP contribution in [0.4, 0.5) is 5.69 Å². The third-order valence-electron chi connectivity index (χ3n) is 4.86. The first-order valence-corrected chi connectivity index (χ1v) is 8.41. The average Bonchev–Trinajstić information content (AvgIpc) is 2.84. The Kier molecular flexibility index (Phi) is 6.13. The number of carbonyl (C=O) groups excluding carboxylic acids is 2. The van der Waals surface area contributed by atoms with Crippen molar-refractivity contribution in [3.8, 4) is 0 Å². The normalized spacial score (nSPS) is 18.2. The second kappa shape index (κ2) is 7.93. The smallest absolute Gasteiger partial charge is 0.270 e. The highest BCUT2D eigenvalue weighted by atomic mass is 35.5. The molecule has 0 saturated carbocycles. The Morgan fingerprint density at radius 1 is 1.16 bits per heavy atom. The summed E-state index contributed by atoms with van der Waals surface area (Å²) in [6, 6.07) is 3.77. The van der Waals surface area contributed by atoms with Crippen LogP contribution in [0.1, 0.15) is 53.3 Å². The van der Waals surface area contributed by atoms with E-state index in [4.69, 9.17) is 0 Å². The summed E-state index contributed by atoms with van der Waals surface area (Å²) in [4.78, 5) is 39.2. The highest BCUT2D eigenvalue weighted by Gasteiger charge is 2.41. The van der Waals surface area contributed by atoms with Crippen LogP contribution in [0.3, 0.4) is 0 Å². The van der Waals surface area contributed by atoms with Crippen molar-refractivity contribution in [2.45, 2.75) is 38.6 Å². The van der Waals surface area contributed by atoms with Crippen LogP contribution < -0.4 is 0 Å². The van der Waals surface area contributed by atoms with E-state index < -0.39 is 10.8 Å². The lowest BCUT2D eigenvalue weighted by Crippen LogP contribution is -2.47. The van der Waals surface area contributed by atoms with Gasteiger partial charge in [0, 0.05) is 31.3 Å². The number of fused-ring (bicyclic) bond motifs is 1. The minimum atomic E-state index is -0.549. The first-order chi connectivity index (χ1) is 11.5. The van der Waals surface area contributed by atoms with Gasteiger partial charge in [-0.3, -0.25) is 24.6 Å². The molecule has 1 aromatic rings. The van der Waals surface area contributed by atoms with Gasteiger partial charge in [-0.25, -0.2) is 0 Å². The summed E-state index contributed by atoms with van der Waals surface area (Å²) < 4.78 is 0. The number of unbranched alkanes of at least 4 members (excludes halogenated alkanes) is 1. The molecule has 8 heteroatoms. The molecular formula is C17H22ClN3O4. The van der Waals surface area contributed by atoms with Crippen LogP contribution in [0.15, 0.2) is 18.2 Å². The molecule has 25 heavy (non-hydrogen) atoms. The number of nitro benzene ring substituents is 1. The van der Waals surface area contributed by atoms with Crippen LogP contribution in [-0.2, 0) is 0 Å². The SMILES string of the molecule is CCCCN1CCC(N2C(=O)c3ccc([N+](=O)[O-])cc3C2=O)CC1.Cl. The first kappa shape index (κ1) is 19.3. The van der Waals surface area contributed by atoms with Gasteiger partial charge in [-0.15, -0.1) is 12.4 Å². The van der Waals surface area contributed by atoms with Gasteiger partial charge in [0.15, 0.2) is 0 Å². The van der Waals surface area contributed by atoms with Gasteiger partial charge in [-0.1, -0.05) is 13.3 Å². The zero-order valence-electron chi connectivity index (χ0n) is 14.1. The third kappa shape index (κ3) is 3.67. The number of likely N-dealkylation sites (tertiary alicyclic amines) is 1. The van der Waals surface area contributed by atoms with E-state index in [0.717, 1.165) is 45.3 Å². The first-order valence-electron chi connectivity index (χ1n) is 8.41. The molecule has 1 aromatic carbocycles. The Bertz CT molecular complexity index is 686.